The largest absolute Gasteiger partial charge is 0.385 e. The predicted molar refractivity (Wildman–Crippen MR) is 108 cm³/mol. The van der Waals surface area contributed by atoms with Crippen LogP contribution in [0.1, 0.15) is 38.2 Å². The van der Waals surface area contributed by atoms with Gasteiger partial charge >= 0.3 is 0 Å². The first kappa shape index (κ1) is 20.2. The number of benzene rings is 1. The Balaban J connectivity index is 0.00000264. The second-order valence-corrected chi connectivity index (χ2v) is 5.97. The van der Waals surface area contributed by atoms with E-state index in [1.165, 1.54) is 24.8 Å². The van der Waals surface area contributed by atoms with E-state index in [1.54, 1.807) is 7.11 Å². The molecule has 0 bridgehead atoms. The number of rotatable bonds is 8. The van der Waals surface area contributed by atoms with Gasteiger partial charge in [0.15, 0.2) is 5.96 Å². The summed E-state index contributed by atoms with van der Waals surface area (Å²) >= 11 is 0. The second kappa shape index (κ2) is 10.9. The lowest BCUT2D eigenvalue weighted by atomic mass is 9.64. The average molecular weight is 431 g/mol. The Labute approximate surface area is 157 Å². The molecule has 0 amide bonds. The number of guanidine groups is 1. The lowest BCUT2D eigenvalue weighted by molar-refractivity contribution is 0.195. The molecule has 1 aliphatic rings. The van der Waals surface area contributed by atoms with Gasteiger partial charge < -0.3 is 15.4 Å². The van der Waals surface area contributed by atoms with Gasteiger partial charge in [0.2, 0.25) is 0 Å². The summed E-state index contributed by atoms with van der Waals surface area (Å²) in [5, 5.41) is 6.72. The summed E-state index contributed by atoms with van der Waals surface area (Å²) in [5.74, 6) is 0.917. The molecule has 0 spiro atoms. The highest BCUT2D eigenvalue weighted by Gasteiger charge is 2.38. The summed E-state index contributed by atoms with van der Waals surface area (Å²) in [6.07, 6.45) is 4.78. The summed E-state index contributed by atoms with van der Waals surface area (Å²) in [5.41, 5.74) is 1.68. The third kappa shape index (κ3) is 5.95. The molecular formula is C18H30IN3O. The maximum absolute atomic E-state index is 5.08. The normalized spacial score (nSPS) is 16.2. The van der Waals surface area contributed by atoms with Crippen molar-refractivity contribution in [1.29, 1.82) is 0 Å². The minimum Gasteiger partial charge on any atom is -0.385 e. The van der Waals surface area contributed by atoms with E-state index < -0.39 is 0 Å². The number of methoxy groups -OCH3 is 1. The van der Waals surface area contributed by atoms with E-state index in [0.29, 0.717) is 0 Å². The smallest absolute Gasteiger partial charge is 0.191 e. The first-order chi connectivity index (χ1) is 10.8. The van der Waals surface area contributed by atoms with Crippen LogP contribution in [0, 0.1) is 0 Å². The third-order valence-corrected chi connectivity index (χ3v) is 4.40. The van der Waals surface area contributed by atoms with Gasteiger partial charge in [-0.15, -0.1) is 24.0 Å². The van der Waals surface area contributed by atoms with E-state index in [0.717, 1.165) is 38.6 Å². The first-order valence-electron chi connectivity index (χ1n) is 8.37. The fourth-order valence-electron chi connectivity index (χ4n) is 2.93. The van der Waals surface area contributed by atoms with Crippen molar-refractivity contribution in [2.24, 2.45) is 4.99 Å². The molecule has 0 unspecified atom stereocenters. The van der Waals surface area contributed by atoms with E-state index in [2.05, 4.69) is 47.9 Å². The van der Waals surface area contributed by atoms with E-state index >= 15 is 0 Å². The van der Waals surface area contributed by atoms with E-state index in [1.807, 2.05) is 0 Å². The van der Waals surface area contributed by atoms with Crippen molar-refractivity contribution >= 4 is 29.9 Å². The lowest BCUT2D eigenvalue weighted by Gasteiger charge is -2.41. The molecule has 0 aromatic heterocycles. The van der Waals surface area contributed by atoms with Crippen molar-refractivity contribution < 1.29 is 4.74 Å². The van der Waals surface area contributed by atoms with Crippen LogP contribution in [0.4, 0.5) is 0 Å². The van der Waals surface area contributed by atoms with Crippen LogP contribution in [-0.4, -0.2) is 39.3 Å². The molecule has 0 saturated heterocycles. The van der Waals surface area contributed by atoms with Crippen LogP contribution < -0.4 is 10.6 Å². The van der Waals surface area contributed by atoms with Crippen molar-refractivity contribution in [1.82, 2.24) is 10.6 Å². The molecule has 1 aromatic carbocycles. The van der Waals surface area contributed by atoms with Crippen molar-refractivity contribution in [3.05, 3.63) is 35.9 Å². The van der Waals surface area contributed by atoms with E-state index in [9.17, 15) is 0 Å². The summed E-state index contributed by atoms with van der Waals surface area (Å²) < 4.78 is 5.08. The first-order valence-corrected chi connectivity index (χ1v) is 8.37. The molecule has 1 saturated carbocycles. The average Bonchev–Trinajstić information content (AvgIpc) is 2.51. The molecule has 1 aliphatic carbocycles. The molecule has 130 valence electrons. The van der Waals surface area contributed by atoms with Crippen LogP contribution in [0.5, 0.6) is 0 Å². The summed E-state index contributed by atoms with van der Waals surface area (Å²) in [6, 6.07) is 10.8. The predicted octanol–water partition coefficient (Wildman–Crippen LogP) is 3.32. The number of nitrogens with zero attached hydrogens (tertiary/aromatic N) is 1. The molecule has 0 heterocycles. The molecule has 2 rings (SSSR count). The lowest BCUT2D eigenvalue weighted by Crippen LogP contribution is -2.42. The van der Waals surface area contributed by atoms with Gasteiger partial charge in [0, 0.05) is 32.2 Å². The van der Waals surface area contributed by atoms with Crippen LogP contribution >= 0.6 is 24.0 Å². The topological polar surface area (TPSA) is 45.7 Å². The molecule has 0 atom stereocenters. The van der Waals surface area contributed by atoms with Crippen LogP contribution in [0.15, 0.2) is 35.3 Å². The number of nitrogens with one attached hydrogen (secondary N) is 2. The number of hydrogen-bond donors (Lipinski definition) is 2. The summed E-state index contributed by atoms with van der Waals surface area (Å²) in [6.45, 7) is 5.51. The van der Waals surface area contributed by atoms with E-state index in [-0.39, 0.29) is 29.4 Å². The van der Waals surface area contributed by atoms with Gasteiger partial charge in [-0.3, -0.25) is 4.99 Å². The third-order valence-electron chi connectivity index (χ3n) is 4.40. The van der Waals surface area contributed by atoms with Crippen molar-refractivity contribution in [3.63, 3.8) is 0 Å². The number of halogens is 1. The van der Waals surface area contributed by atoms with Crippen molar-refractivity contribution in [2.45, 2.75) is 38.0 Å². The Morgan fingerprint density at radius 2 is 1.96 bits per heavy atom. The fraction of sp³-hybridized carbons (Fsp3) is 0.611. The molecule has 2 N–H and O–H groups in total. The fourth-order valence-corrected chi connectivity index (χ4v) is 2.93. The second-order valence-electron chi connectivity index (χ2n) is 5.97. The Hall–Kier alpha value is -0.820. The molecule has 1 aromatic rings. The van der Waals surface area contributed by atoms with Gasteiger partial charge in [-0.05, 0) is 31.7 Å². The number of aliphatic imine (C=N–C) groups is 1. The van der Waals surface area contributed by atoms with Crippen LogP contribution in [0.2, 0.25) is 0 Å². The Morgan fingerprint density at radius 1 is 1.22 bits per heavy atom. The molecular weight excluding hydrogens is 401 g/mol. The standard InChI is InChI=1S/C18H29N3O.HI/c1-3-19-17(20-13-8-14-22-2)21-15-18(11-7-12-18)16-9-5-4-6-10-16;/h4-6,9-10H,3,7-8,11-15H2,1-2H3,(H2,19,20,21);1H. The molecule has 4 nitrogen and oxygen atoms in total. The Morgan fingerprint density at radius 3 is 2.52 bits per heavy atom. The van der Waals surface area contributed by atoms with Crippen molar-refractivity contribution in [2.75, 3.05) is 33.4 Å². The number of hydrogen-bond acceptors (Lipinski definition) is 2. The van der Waals surface area contributed by atoms with Crippen LogP contribution in [-0.2, 0) is 10.2 Å². The van der Waals surface area contributed by atoms with E-state index in [4.69, 9.17) is 9.73 Å². The minimum absolute atomic E-state index is 0. The van der Waals surface area contributed by atoms with Gasteiger partial charge in [0.25, 0.3) is 0 Å². The summed E-state index contributed by atoms with van der Waals surface area (Å²) in [4.78, 5) is 4.84. The molecule has 0 radical (unpaired) electrons. The Bertz CT molecular complexity index is 461. The zero-order chi connectivity index (χ0) is 15.7. The molecule has 1 fully saturated rings. The molecule has 0 aliphatic heterocycles. The maximum Gasteiger partial charge on any atom is 0.191 e. The molecule has 23 heavy (non-hydrogen) atoms. The maximum atomic E-state index is 5.08. The minimum atomic E-state index is 0. The highest BCUT2D eigenvalue weighted by Crippen LogP contribution is 2.43. The Kier molecular flexibility index (Phi) is 9.55. The quantitative estimate of drug-likeness (QED) is 0.287. The van der Waals surface area contributed by atoms with Gasteiger partial charge in [-0.1, -0.05) is 36.8 Å². The van der Waals surface area contributed by atoms with Gasteiger partial charge in [-0.25, -0.2) is 0 Å². The van der Waals surface area contributed by atoms with Gasteiger partial charge in [0.05, 0.1) is 6.54 Å². The molecule has 5 heteroatoms. The highest BCUT2D eigenvalue weighted by atomic mass is 127. The zero-order valence-electron chi connectivity index (χ0n) is 14.3. The van der Waals surface area contributed by atoms with Gasteiger partial charge in [0.1, 0.15) is 0 Å². The number of ether oxygens (including phenoxy) is 1. The monoisotopic (exact) mass is 431 g/mol. The van der Waals surface area contributed by atoms with Crippen LogP contribution in [0.25, 0.3) is 0 Å². The van der Waals surface area contributed by atoms with Crippen molar-refractivity contribution in [3.8, 4) is 0 Å². The van der Waals surface area contributed by atoms with Gasteiger partial charge in [-0.2, -0.15) is 0 Å². The zero-order valence-corrected chi connectivity index (χ0v) is 16.6. The SMILES string of the molecule is CCNC(=NCC1(c2ccccc2)CCC1)NCCCOC.I. The summed E-state index contributed by atoms with van der Waals surface area (Å²) in [7, 11) is 1.74. The van der Waals surface area contributed by atoms with Crippen LogP contribution in [0.3, 0.4) is 0 Å². The highest BCUT2D eigenvalue weighted by molar-refractivity contribution is 14.0.